The van der Waals surface area contributed by atoms with Crippen LogP contribution in [-0.2, 0) is 0 Å². The van der Waals surface area contributed by atoms with E-state index < -0.39 is 0 Å². The Kier molecular flexibility index (Phi) is 46.4. The Bertz CT molecular complexity index is 947. The van der Waals surface area contributed by atoms with Gasteiger partial charge in [-0.3, -0.25) is 0 Å². The van der Waals surface area contributed by atoms with Gasteiger partial charge in [-0.25, -0.2) is 0 Å². The van der Waals surface area contributed by atoms with Gasteiger partial charge in [0.05, 0.1) is 0 Å². The number of hydrogen-bond donors (Lipinski definition) is 0. The summed E-state index contributed by atoms with van der Waals surface area (Å²) in [6, 6.07) is 0. The number of hydrogen-bond acceptors (Lipinski definition) is 0. The Labute approximate surface area is 386 Å². The molecule has 0 rings (SSSR count). The summed E-state index contributed by atoms with van der Waals surface area (Å²) in [4.78, 5) is 0. The summed E-state index contributed by atoms with van der Waals surface area (Å²) in [6.07, 6.45) is 33.4. The second-order valence-electron chi connectivity index (χ2n) is 22.1. The molecule has 359 valence electrons. The molecule has 0 N–H and O–H groups in total. The van der Waals surface area contributed by atoms with Gasteiger partial charge in [-0.05, 0) is 99.2 Å². The van der Waals surface area contributed by atoms with E-state index in [0.29, 0.717) is 5.41 Å². The first kappa shape index (κ1) is 65.9. The molecule has 0 aromatic rings. The molecule has 0 aromatic carbocycles. The van der Waals surface area contributed by atoms with Crippen molar-refractivity contribution in [1.82, 2.24) is 0 Å². The molecule has 0 fully saturated rings. The zero-order valence-electron chi connectivity index (χ0n) is 45.9. The highest BCUT2D eigenvalue weighted by atomic mass is 14.3. The molecule has 0 bridgehead atoms. The molecule has 0 saturated heterocycles. The van der Waals surface area contributed by atoms with Gasteiger partial charge in [-0.15, -0.1) is 13.2 Å². The summed E-state index contributed by atoms with van der Waals surface area (Å²) in [7, 11) is 2.61. The molecule has 6 unspecified atom stereocenters. The highest BCUT2D eigenvalue weighted by molar-refractivity contribution is 6.37. The molecular formula is C59H120B. The van der Waals surface area contributed by atoms with Crippen LogP contribution in [0.1, 0.15) is 286 Å². The van der Waals surface area contributed by atoms with Crippen LogP contribution >= 0.6 is 0 Å². The van der Waals surface area contributed by atoms with Crippen molar-refractivity contribution in [2.75, 3.05) is 0 Å². The second-order valence-corrected chi connectivity index (χ2v) is 22.1. The average molecular weight is 840 g/mol. The van der Waals surface area contributed by atoms with Crippen LogP contribution in [0.4, 0.5) is 0 Å². The molecule has 1 heteroatoms. The van der Waals surface area contributed by atoms with E-state index in [9.17, 15) is 0 Å². The third-order valence-electron chi connectivity index (χ3n) is 13.2. The molecule has 6 atom stereocenters. The summed E-state index contributed by atoms with van der Waals surface area (Å²) < 4.78 is 0. The van der Waals surface area contributed by atoms with Crippen LogP contribution < -0.4 is 0 Å². The molecule has 0 nitrogen and oxygen atoms in total. The fourth-order valence-corrected chi connectivity index (χ4v) is 8.78. The van der Waals surface area contributed by atoms with Gasteiger partial charge in [0.1, 0.15) is 7.28 Å². The maximum Gasteiger partial charge on any atom is 0.113 e. The summed E-state index contributed by atoms with van der Waals surface area (Å²) in [5.74, 6) is 5.64. The van der Waals surface area contributed by atoms with E-state index in [2.05, 4.69) is 124 Å². The van der Waals surface area contributed by atoms with Crippen LogP contribution in [-0.4, -0.2) is 7.28 Å². The lowest BCUT2D eigenvalue weighted by Crippen LogP contribution is -2.20. The monoisotopic (exact) mass is 840 g/mol. The van der Waals surface area contributed by atoms with Gasteiger partial charge in [0, 0.05) is 0 Å². The van der Waals surface area contributed by atoms with Crippen molar-refractivity contribution in [2.45, 2.75) is 298 Å². The molecule has 0 aromatic heterocycles. The molecule has 0 aliphatic heterocycles. The van der Waals surface area contributed by atoms with Crippen LogP contribution in [0.5, 0.6) is 0 Å². The molecule has 1 radical (unpaired) electrons. The number of rotatable bonds is 35. The molecule has 0 aliphatic carbocycles. The van der Waals surface area contributed by atoms with Gasteiger partial charge in [0.25, 0.3) is 0 Å². The minimum atomic E-state index is 0.284. The van der Waals surface area contributed by atoms with Crippen LogP contribution in [0.3, 0.4) is 0 Å². The minimum absolute atomic E-state index is 0.284. The molecule has 0 saturated carbocycles. The molecule has 0 aliphatic rings. The maximum absolute atomic E-state index is 4.83. The topological polar surface area (TPSA) is 0 Å². The van der Waals surface area contributed by atoms with E-state index >= 15 is 0 Å². The minimum Gasteiger partial charge on any atom is -0.100 e. The quantitative estimate of drug-likeness (QED) is 0.0339. The van der Waals surface area contributed by atoms with Crippen molar-refractivity contribution in [3.05, 3.63) is 36.5 Å². The number of unbranched alkanes of at least 4 members (excludes halogenated alkanes) is 5. The standard InChI is InChI=1S/C49H94B.C6H14.2C2H6/c1-16-43(9)45(11)50-38-42(8)31-32-44(10)49(15,35-23-18-20-28-47(37-41(6)7)30-25-26-39(2)3)34-22-17-19-27-46(36-40(4)5)29-21-24-33-48(12,13)14;1-4-5-6(2)3;2*1-2/h39,42-43,45-47H,4,6,10,16-38H2,1-3,5,7-9,11-15H3;6H,4-5H2,1-3H3;2*1-2H3. The molecule has 0 heterocycles. The molecule has 0 amide bonds. The maximum atomic E-state index is 4.83. The zero-order chi connectivity index (χ0) is 47.2. The molecular weight excluding hydrogens is 719 g/mol. The van der Waals surface area contributed by atoms with Crippen LogP contribution in [0.15, 0.2) is 36.5 Å². The van der Waals surface area contributed by atoms with Gasteiger partial charge < -0.3 is 0 Å². The van der Waals surface area contributed by atoms with Crippen LogP contribution in [0, 0.1) is 46.3 Å². The first-order valence-electron chi connectivity index (χ1n) is 27.0. The van der Waals surface area contributed by atoms with Gasteiger partial charge >= 0.3 is 0 Å². The highest BCUT2D eigenvalue weighted by Gasteiger charge is 2.27. The van der Waals surface area contributed by atoms with Crippen LogP contribution in [0.25, 0.3) is 0 Å². The highest BCUT2D eigenvalue weighted by Crippen LogP contribution is 2.41. The third-order valence-corrected chi connectivity index (χ3v) is 13.2. The first-order valence-corrected chi connectivity index (χ1v) is 27.0. The Morgan fingerprint density at radius 2 is 0.933 bits per heavy atom. The van der Waals surface area contributed by atoms with E-state index in [1.165, 1.54) is 172 Å². The summed E-state index contributed by atoms with van der Waals surface area (Å²) in [5, 5.41) is 0. The van der Waals surface area contributed by atoms with E-state index in [4.69, 9.17) is 6.58 Å². The van der Waals surface area contributed by atoms with E-state index in [1.807, 2.05) is 27.7 Å². The molecule has 0 spiro atoms. The number of allylic oxidation sites excluding steroid dienone is 3. The molecule has 60 heavy (non-hydrogen) atoms. The van der Waals surface area contributed by atoms with Gasteiger partial charge in [0.2, 0.25) is 0 Å². The Hall–Kier alpha value is -0.715. The second kappa shape index (κ2) is 42.2. The first-order chi connectivity index (χ1) is 28.1. The van der Waals surface area contributed by atoms with Gasteiger partial charge in [-0.1, -0.05) is 268 Å². The third kappa shape index (κ3) is 43.9. The fraction of sp³-hybridized carbons (Fsp3) is 0.898. The normalized spacial score (nSPS) is 14.9. The predicted molar refractivity (Wildman–Crippen MR) is 286 cm³/mol. The smallest absolute Gasteiger partial charge is 0.100 e. The summed E-state index contributed by atoms with van der Waals surface area (Å²) in [5.41, 5.74) is 5.04. The Morgan fingerprint density at radius 1 is 0.517 bits per heavy atom. The van der Waals surface area contributed by atoms with E-state index in [-0.39, 0.29) is 5.41 Å². The van der Waals surface area contributed by atoms with E-state index in [0.717, 1.165) is 41.3 Å². The lowest BCUT2D eigenvalue weighted by molar-refractivity contribution is 0.289. The largest absolute Gasteiger partial charge is 0.113 e. The predicted octanol–water partition coefficient (Wildman–Crippen LogP) is 21.9. The van der Waals surface area contributed by atoms with Crippen molar-refractivity contribution in [1.29, 1.82) is 0 Å². The van der Waals surface area contributed by atoms with Crippen molar-refractivity contribution in [3.63, 3.8) is 0 Å². The van der Waals surface area contributed by atoms with E-state index in [1.54, 1.807) is 5.57 Å². The van der Waals surface area contributed by atoms with Gasteiger partial charge in [-0.2, -0.15) is 0 Å². The van der Waals surface area contributed by atoms with Crippen molar-refractivity contribution in [2.24, 2.45) is 46.3 Å². The lowest BCUT2D eigenvalue weighted by Gasteiger charge is -2.33. The Morgan fingerprint density at radius 3 is 1.30 bits per heavy atom. The van der Waals surface area contributed by atoms with Crippen molar-refractivity contribution >= 4 is 7.28 Å². The zero-order valence-corrected chi connectivity index (χ0v) is 45.9. The van der Waals surface area contributed by atoms with Crippen LogP contribution in [0.2, 0.25) is 12.1 Å². The van der Waals surface area contributed by atoms with Crippen molar-refractivity contribution < 1.29 is 0 Å². The average Bonchev–Trinajstić information content (AvgIpc) is 3.17. The Balaban J connectivity index is -0.00000141. The summed E-state index contributed by atoms with van der Waals surface area (Å²) >= 11 is 0. The van der Waals surface area contributed by atoms with Crippen molar-refractivity contribution in [3.8, 4) is 0 Å². The van der Waals surface area contributed by atoms with Gasteiger partial charge in [0.15, 0.2) is 0 Å². The fourth-order valence-electron chi connectivity index (χ4n) is 8.78. The lowest BCUT2D eigenvalue weighted by atomic mass is 9.55. The summed E-state index contributed by atoms with van der Waals surface area (Å²) in [6.45, 7) is 56.7. The SMILES string of the molecule is C=C(C)CC(CCCCCC(C)(CCCCCC(CCCC(C)C)CC(=C)C)C(=C)CCC(C)C[B]C(C)C(C)CC)CCCCC(C)(C)C.CC.CC.CCCC(C)C.